The Morgan fingerprint density at radius 1 is 1.00 bits per heavy atom. The van der Waals surface area contributed by atoms with Gasteiger partial charge < -0.3 is 4.79 Å². The van der Waals surface area contributed by atoms with Gasteiger partial charge in [0, 0.05) is 5.92 Å². The Balaban J connectivity index is 1.52. The number of hydrogen-bond donors (Lipinski definition) is 0. The molecule has 0 heterocycles. The zero-order chi connectivity index (χ0) is 22.4. The first-order chi connectivity index (χ1) is 14.7. The molecular weight excluding hydrogens is 376 g/mol. The molecule has 174 valence electrons. The first kappa shape index (κ1) is 23.3. The maximum atomic E-state index is 11.4. The Morgan fingerprint density at radius 2 is 1.77 bits per heavy atom. The van der Waals surface area contributed by atoms with Crippen LogP contribution in [0.25, 0.3) is 0 Å². The molecule has 4 aliphatic carbocycles. The molecule has 3 fully saturated rings. The monoisotopic (exact) mass is 424 g/mol. The largest absolute Gasteiger partial charge is 0.303 e. The van der Waals surface area contributed by atoms with Gasteiger partial charge in [-0.05, 0) is 110 Å². The minimum absolute atomic E-state index is 0.190. The van der Waals surface area contributed by atoms with Crippen molar-refractivity contribution in [1.82, 2.24) is 0 Å². The fourth-order valence-corrected chi connectivity index (χ4v) is 9.05. The van der Waals surface area contributed by atoms with Crippen LogP contribution in [0.2, 0.25) is 0 Å². The normalized spacial score (nSPS) is 44.4. The van der Waals surface area contributed by atoms with Gasteiger partial charge in [0.15, 0.2) is 0 Å². The van der Waals surface area contributed by atoms with Gasteiger partial charge in [0.25, 0.3) is 0 Å². The minimum Gasteiger partial charge on any atom is -0.303 e. The number of fused-ring (bicyclic) bond motifs is 5. The van der Waals surface area contributed by atoms with E-state index in [9.17, 15) is 4.79 Å². The summed E-state index contributed by atoms with van der Waals surface area (Å²) >= 11 is 0. The van der Waals surface area contributed by atoms with Gasteiger partial charge in [-0.2, -0.15) is 0 Å². The number of aldehydes is 1. The molecule has 0 bridgehead atoms. The van der Waals surface area contributed by atoms with Gasteiger partial charge in [-0.15, -0.1) is 0 Å². The molecule has 0 spiro atoms. The number of carbonyl (C=O) groups is 1. The fraction of sp³-hybridized carbons (Fsp3) is 0.833. The highest BCUT2D eigenvalue weighted by atomic mass is 16.1. The van der Waals surface area contributed by atoms with E-state index in [1.165, 1.54) is 57.7 Å². The van der Waals surface area contributed by atoms with Crippen LogP contribution in [0.5, 0.6) is 0 Å². The van der Waals surface area contributed by atoms with E-state index < -0.39 is 0 Å². The van der Waals surface area contributed by atoms with E-state index in [0.29, 0.717) is 16.7 Å². The zero-order valence-electron chi connectivity index (χ0n) is 21.2. The number of allylic oxidation sites excluding steroid dienone is 4. The Kier molecular flexibility index (Phi) is 6.64. The van der Waals surface area contributed by atoms with Crippen LogP contribution in [0.15, 0.2) is 23.8 Å². The van der Waals surface area contributed by atoms with Crippen molar-refractivity contribution in [1.29, 1.82) is 0 Å². The molecule has 0 N–H and O–H groups in total. The van der Waals surface area contributed by atoms with Crippen LogP contribution in [0.4, 0.5) is 0 Å². The number of hydrogen-bond acceptors (Lipinski definition) is 1. The van der Waals surface area contributed by atoms with E-state index in [2.05, 4.69) is 59.8 Å². The standard InChI is InChI=1S/C30H48O/c1-7-23(20(2)3)9-8-21(4)26-12-13-27-25-11-10-24-18-22(19-31)14-16-29(24,5)28(25)15-17-30(26,27)6/h8-9,18-23,25-28H,7,10-17H2,1-6H3/b9-8+/t21-,22?,23?,25+,26-,27+,28+,29+,30-/m1/s1. The molecule has 0 aromatic rings. The lowest BCUT2D eigenvalue weighted by molar-refractivity contribution is -0.111. The molecule has 4 rings (SSSR count). The predicted molar refractivity (Wildman–Crippen MR) is 132 cm³/mol. The van der Waals surface area contributed by atoms with E-state index in [4.69, 9.17) is 0 Å². The van der Waals surface area contributed by atoms with Crippen LogP contribution in [0.1, 0.15) is 99.3 Å². The molecule has 0 aliphatic heterocycles. The molecule has 3 saturated carbocycles. The van der Waals surface area contributed by atoms with Crippen molar-refractivity contribution in [3.63, 3.8) is 0 Å². The third-order valence-electron chi connectivity index (χ3n) is 11.0. The first-order valence-corrected chi connectivity index (χ1v) is 13.6. The summed E-state index contributed by atoms with van der Waals surface area (Å²) in [6, 6.07) is 0. The first-order valence-electron chi connectivity index (χ1n) is 13.6. The summed E-state index contributed by atoms with van der Waals surface area (Å²) in [5, 5.41) is 0. The van der Waals surface area contributed by atoms with Gasteiger partial charge >= 0.3 is 0 Å². The molecule has 0 aromatic carbocycles. The summed E-state index contributed by atoms with van der Waals surface area (Å²) < 4.78 is 0. The van der Waals surface area contributed by atoms with Gasteiger partial charge in [0.1, 0.15) is 6.29 Å². The van der Waals surface area contributed by atoms with Gasteiger partial charge in [-0.3, -0.25) is 0 Å². The van der Waals surface area contributed by atoms with Crippen molar-refractivity contribution in [2.45, 2.75) is 99.3 Å². The Labute approximate surface area is 192 Å². The lowest BCUT2D eigenvalue weighted by Gasteiger charge is -2.59. The van der Waals surface area contributed by atoms with E-state index >= 15 is 0 Å². The molecule has 1 heteroatoms. The highest BCUT2D eigenvalue weighted by molar-refractivity contribution is 5.58. The summed E-state index contributed by atoms with van der Waals surface area (Å²) in [4.78, 5) is 11.4. The second-order valence-corrected chi connectivity index (χ2v) is 12.7. The van der Waals surface area contributed by atoms with Gasteiger partial charge in [0.05, 0.1) is 0 Å². The van der Waals surface area contributed by atoms with Gasteiger partial charge in [-0.1, -0.05) is 65.3 Å². The van der Waals surface area contributed by atoms with Gasteiger partial charge in [-0.25, -0.2) is 0 Å². The van der Waals surface area contributed by atoms with Crippen molar-refractivity contribution in [2.75, 3.05) is 0 Å². The van der Waals surface area contributed by atoms with Crippen LogP contribution in [-0.2, 0) is 4.79 Å². The SMILES string of the molecule is CCC(/C=C/[C@@H](C)[C@H]1CC[C@H]2[C@@H]3CCC4=CC(C=O)CC[C@]4(C)[C@H]3CC[C@]12C)C(C)C. The van der Waals surface area contributed by atoms with Crippen molar-refractivity contribution < 1.29 is 4.79 Å². The third kappa shape index (κ3) is 3.91. The molecule has 4 aliphatic rings. The molecular formula is C30H48O. The molecule has 1 nitrogen and oxygen atoms in total. The second kappa shape index (κ2) is 8.83. The summed E-state index contributed by atoms with van der Waals surface area (Å²) in [5.41, 5.74) is 2.55. The van der Waals surface area contributed by atoms with Crippen molar-refractivity contribution in [2.24, 2.45) is 58.2 Å². The maximum absolute atomic E-state index is 11.4. The highest BCUT2D eigenvalue weighted by Gasteiger charge is 2.59. The average Bonchev–Trinajstić information content (AvgIpc) is 3.10. The Hall–Kier alpha value is -0.850. The molecule has 9 atom stereocenters. The lowest BCUT2D eigenvalue weighted by Crippen LogP contribution is -2.50. The quantitative estimate of drug-likeness (QED) is 0.310. The van der Waals surface area contributed by atoms with Crippen LogP contribution in [-0.4, -0.2) is 6.29 Å². The topological polar surface area (TPSA) is 17.1 Å². The molecule has 0 amide bonds. The number of carbonyl (C=O) groups excluding carboxylic acids is 1. The van der Waals surface area contributed by atoms with Crippen LogP contribution >= 0.6 is 0 Å². The third-order valence-corrected chi connectivity index (χ3v) is 11.0. The Bertz CT molecular complexity index is 716. The van der Waals surface area contributed by atoms with E-state index in [-0.39, 0.29) is 5.92 Å². The number of rotatable bonds is 6. The van der Waals surface area contributed by atoms with Crippen LogP contribution in [0.3, 0.4) is 0 Å². The van der Waals surface area contributed by atoms with Crippen molar-refractivity contribution >= 4 is 6.29 Å². The predicted octanol–water partition coefficient (Wildman–Crippen LogP) is 8.26. The van der Waals surface area contributed by atoms with Crippen LogP contribution < -0.4 is 0 Å². The molecule has 2 unspecified atom stereocenters. The van der Waals surface area contributed by atoms with E-state index in [1.54, 1.807) is 5.57 Å². The fourth-order valence-electron chi connectivity index (χ4n) is 9.05. The summed E-state index contributed by atoms with van der Waals surface area (Å²) in [6.45, 7) is 14.8. The van der Waals surface area contributed by atoms with Crippen molar-refractivity contribution in [3.05, 3.63) is 23.8 Å². The molecule has 0 radical (unpaired) electrons. The maximum Gasteiger partial charge on any atom is 0.126 e. The molecule has 0 aromatic heterocycles. The molecule has 31 heavy (non-hydrogen) atoms. The Morgan fingerprint density at radius 3 is 2.45 bits per heavy atom. The minimum atomic E-state index is 0.190. The summed E-state index contributed by atoms with van der Waals surface area (Å²) in [7, 11) is 0. The van der Waals surface area contributed by atoms with Crippen molar-refractivity contribution in [3.8, 4) is 0 Å². The molecule has 0 saturated heterocycles. The lowest BCUT2D eigenvalue weighted by atomic mass is 9.46. The van der Waals surface area contributed by atoms with Crippen LogP contribution in [0, 0.1) is 58.2 Å². The van der Waals surface area contributed by atoms with E-state index in [1.807, 2.05) is 0 Å². The average molecular weight is 425 g/mol. The second-order valence-electron chi connectivity index (χ2n) is 12.7. The highest BCUT2D eigenvalue weighted by Crippen LogP contribution is 2.67. The summed E-state index contributed by atoms with van der Waals surface area (Å²) in [5.74, 6) is 5.91. The van der Waals surface area contributed by atoms with Gasteiger partial charge in [0.2, 0.25) is 0 Å². The van der Waals surface area contributed by atoms with E-state index in [0.717, 1.165) is 41.9 Å². The zero-order valence-corrected chi connectivity index (χ0v) is 21.2. The smallest absolute Gasteiger partial charge is 0.126 e. The summed E-state index contributed by atoms with van der Waals surface area (Å²) in [6.07, 6.45) is 20.6.